The summed E-state index contributed by atoms with van der Waals surface area (Å²) in [7, 11) is 0. The summed E-state index contributed by atoms with van der Waals surface area (Å²) < 4.78 is 18.7. The Labute approximate surface area is 192 Å². The number of benzene rings is 1. The SMILES string of the molecule is CCCCc1ccc([C@H]2CC[C@H](C(=O)O[C@H]3CC[C@H](C=CC=C(F)C#N)CC3)CC2)cc1. The van der Waals surface area contributed by atoms with Gasteiger partial charge in [0.1, 0.15) is 12.2 Å². The van der Waals surface area contributed by atoms with Crippen LogP contribution >= 0.6 is 0 Å². The molecule has 3 nitrogen and oxygen atoms in total. The Morgan fingerprint density at radius 1 is 1.09 bits per heavy atom. The predicted molar refractivity (Wildman–Crippen MR) is 126 cm³/mol. The van der Waals surface area contributed by atoms with Crippen LogP contribution in [0.25, 0.3) is 0 Å². The van der Waals surface area contributed by atoms with Crippen molar-refractivity contribution in [2.75, 3.05) is 0 Å². The molecule has 2 aliphatic rings. The molecule has 2 fully saturated rings. The van der Waals surface area contributed by atoms with Crippen LogP contribution in [0.2, 0.25) is 0 Å². The van der Waals surface area contributed by atoms with Crippen LogP contribution in [-0.4, -0.2) is 12.1 Å². The van der Waals surface area contributed by atoms with Crippen LogP contribution in [0.1, 0.15) is 88.2 Å². The molecule has 0 aliphatic heterocycles. The molecular formula is C28H36FNO2. The fourth-order valence-corrected chi connectivity index (χ4v) is 4.99. The van der Waals surface area contributed by atoms with Crippen molar-refractivity contribution in [2.24, 2.45) is 11.8 Å². The van der Waals surface area contributed by atoms with Crippen LogP contribution in [0, 0.1) is 23.2 Å². The van der Waals surface area contributed by atoms with Gasteiger partial charge in [-0.15, -0.1) is 0 Å². The molecule has 0 radical (unpaired) electrons. The number of aryl methyl sites for hydroxylation is 1. The quantitative estimate of drug-likeness (QED) is 0.243. The van der Waals surface area contributed by atoms with Crippen LogP contribution < -0.4 is 0 Å². The highest BCUT2D eigenvalue weighted by molar-refractivity contribution is 5.72. The van der Waals surface area contributed by atoms with E-state index >= 15 is 0 Å². The second-order valence-electron chi connectivity index (χ2n) is 9.38. The monoisotopic (exact) mass is 437 g/mol. The first-order chi connectivity index (χ1) is 15.6. The van der Waals surface area contributed by atoms with E-state index in [4.69, 9.17) is 10.00 Å². The van der Waals surface area contributed by atoms with Gasteiger partial charge in [0.15, 0.2) is 5.83 Å². The highest BCUT2D eigenvalue weighted by Crippen LogP contribution is 2.37. The Balaban J connectivity index is 1.38. The third kappa shape index (κ3) is 7.33. The molecule has 2 saturated carbocycles. The molecule has 1 aromatic carbocycles. The topological polar surface area (TPSA) is 50.1 Å². The molecule has 1 aromatic rings. The predicted octanol–water partition coefficient (Wildman–Crippen LogP) is 7.34. The molecule has 2 aliphatic carbocycles. The smallest absolute Gasteiger partial charge is 0.309 e. The van der Waals surface area contributed by atoms with Crippen molar-refractivity contribution in [1.29, 1.82) is 5.26 Å². The number of allylic oxidation sites excluding steroid dienone is 4. The zero-order valence-electron chi connectivity index (χ0n) is 19.3. The normalized spacial score (nSPS) is 26.6. The Bertz CT molecular complexity index is 820. The van der Waals surface area contributed by atoms with E-state index in [1.54, 1.807) is 6.08 Å². The summed E-state index contributed by atoms with van der Waals surface area (Å²) in [6.07, 6.45) is 15.9. The number of carbonyl (C=O) groups excluding carboxylic acids is 1. The Hall–Kier alpha value is -2.41. The molecule has 4 heteroatoms. The van der Waals surface area contributed by atoms with Crippen molar-refractivity contribution in [3.63, 3.8) is 0 Å². The minimum Gasteiger partial charge on any atom is -0.462 e. The molecule has 0 amide bonds. The summed E-state index contributed by atoms with van der Waals surface area (Å²) in [5.74, 6) is 0.156. The van der Waals surface area contributed by atoms with Crippen molar-refractivity contribution in [2.45, 2.75) is 89.6 Å². The van der Waals surface area contributed by atoms with Crippen LogP contribution in [0.4, 0.5) is 4.39 Å². The number of esters is 1. The van der Waals surface area contributed by atoms with Gasteiger partial charge in [-0.05, 0) is 93.2 Å². The van der Waals surface area contributed by atoms with Gasteiger partial charge in [0.25, 0.3) is 0 Å². The number of carbonyl (C=O) groups is 1. The molecule has 0 spiro atoms. The van der Waals surface area contributed by atoms with E-state index in [-0.39, 0.29) is 18.0 Å². The van der Waals surface area contributed by atoms with Gasteiger partial charge in [-0.2, -0.15) is 9.65 Å². The molecule has 172 valence electrons. The number of rotatable bonds is 8. The fourth-order valence-electron chi connectivity index (χ4n) is 4.99. The van der Waals surface area contributed by atoms with Crippen molar-refractivity contribution >= 4 is 5.97 Å². The maximum Gasteiger partial charge on any atom is 0.309 e. The second kappa shape index (κ2) is 12.6. The molecule has 0 unspecified atom stereocenters. The van der Waals surface area contributed by atoms with E-state index in [9.17, 15) is 9.18 Å². The highest BCUT2D eigenvalue weighted by Gasteiger charge is 2.30. The molecule has 0 saturated heterocycles. The number of nitrogens with zero attached hydrogens (tertiary/aromatic N) is 1. The average molecular weight is 438 g/mol. The van der Waals surface area contributed by atoms with E-state index in [0.29, 0.717) is 11.8 Å². The zero-order valence-corrected chi connectivity index (χ0v) is 19.3. The molecule has 3 rings (SSSR count). The number of unbranched alkanes of at least 4 members (excludes halogenated alkanes) is 1. The summed E-state index contributed by atoms with van der Waals surface area (Å²) in [5.41, 5.74) is 2.83. The molecule has 0 bridgehead atoms. The van der Waals surface area contributed by atoms with Gasteiger partial charge >= 0.3 is 5.97 Å². The number of ether oxygens (including phenoxy) is 1. The lowest BCUT2D eigenvalue weighted by atomic mass is 9.78. The van der Waals surface area contributed by atoms with E-state index in [0.717, 1.165) is 57.8 Å². The van der Waals surface area contributed by atoms with E-state index in [2.05, 4.69) is 31.2 Å². The molecule has 0 atom stereocenters. The van der Waals surface area contributed by atoms with Crippen molar-refractivity contribution in [1.82, 2.24) is 0 Å². The maximum atomic E-state index is 12.8. The standard InChI is InChI=1S/C28H36FNO2/c1-2-3-5-21-8-12-23(13-9-21)24-14-16-25(17-15-24)28(31)32-27-18-10-22(11-19-27)6-4-7-26(29)20-30/h4,6-9,12-13,22,24-25,27H,2-3,5,10-11,14-19H2,1H3/t22-,24-,25-,27-. The van der Waals surface area contributed by atoms with Crippen molar-refractivity contribution in [3.05, 3.63) is 59.4 Å². The molecular weight excluding hydrogens is 401 g/mol. The number of hydrogen-bond donors (Lipinski definition) is 0. The number of halogens is 1. The highest BCUT2D eigenvalue weighted by atomic mass is 19.1. The fraction of sp³-hybridized carbons (Fsp3) is 0.571. The number of nitriles is 1. The number of hydrogen-bond acceptors (Lipinski definition) is 3. The van der Waals surface area contributed by atoms with Gasteiger partial charge < -0.3 is 4.74 Å². The lowest BCUT2D eigenvalue weighted by Gasteiger charge is -2.31. The Morgan fingerprint density at radius 2 is 1.78 bits per heavy atom. The summed E-state index contributed by atoms with van der Waals surface area (Å²) in [5, 5.41) is 8.43. The third-order valence-electron chi connectivity index (χ3n) is 7.06. The molecule has 0 aromatic heterocycles. The summed E-state index contributed by atoms with van der Waals surface area (Å²) in [6, 6.07) is 10.6. The maximum absolute atomic E-state index is 12.8. The van der Waals surface area contributed by atoms with Gasteiger partial charge in [0.2, 0.25) is 0 Å². The second-order valence-corrected chi connectivity index (χ2v) is 9.38. The first-order valence-corrected chi connectivity index (χ1v) is 12.3. The Kier molecular flexibility index (Phi) is 9.53. The van der Waals surface area contributed by atoms with Crippen LogP contribution in [-0.2, 0) is 16.0 Å². The minimum atomic E-state index is -0.775. The zero-order chi connectivity index (χ0) is 22.8. The first-order valence-electron chi connectivity index (χ1n) is 12.3. The molecule has 0 heterocycles. The van der Waals surface area contributed by atoms with E-state index < -0.39 is 5.83 Å². The largest absolute Gasteiger partial charge is 0.462 e. The van der Waals surface area contributed by atoms with Crippen LogP contribution in [0.15, 0.2) is 48.3 Å². The van der Waals surface area contributed by atoms with E-state index in [1.165, 1.54) is 36.1 Å². The summed E-state index contributed by atoms with van der Waals surface area (Å²) >= 11 is 0. The molecule has 0 N–H and O–H groups in total. The Morgan fingerprint density at radius 3 is 2.41 bits per heavy atom. The third-order valence-corrected chi connectivity index (χ3v) is 7.06. The van der Waals surface area contributed by atoms with Gasteiger partial charge in [-0.3, -0.25) is 4.79 Å². The minimum absolute atomic E-state index is 0.00641. The summed E-state index contributed by atoms with van der Waals surface area (Å²) in [4.78, 5) is 12.7. The van der Waals surface area contributed by atoms with Gasteiger partial charge in [0, 0.05) is 0 Å². The van der Waals surface area contributed by atoms with E-state index in [1.807, 2.05) is 6.08 Å². The van der Waals surface area contributed by atoms with Crippen molar-refractivity contribution < 1.29 is 13.9 Å². The average Bonchev–Trinajstić information content (AvgIpc) is 2.84. The lowest BCUT2D eigenvalue weighted by Crippen LogP contribution is -2.29. The molecule has 32 heavy (non-hydrogen) atoms. The van der Waals surface area contributed by atoms with Gasteiger partial charge in [0.05, 0.1) is 5.92 Å². The van der Waals surface area contributed by atoms with Crippen LogP contribution in [0.5, 0.6) is 0 Å². The van der Waals surface area contributed by atoms with Gasteiger partial charge in [-0.25, -0.2) is 0 Å². The van der Waals surface area contributed by atoms with Crippen molar-refractivity contribution in [3.8, 4) is 6.07 Å². The summed E-state index contributed by atoms with van der Waals surface area (Å²) in [6.45, 7) is 2.22. The van der Waals surface area contributed by atoms with Gasteiger partial charge in [-0.1, -0.05) is 49.8 Å². The first kappa shape index (κ1) is 24.2. The van der Waals surface area contributed by atoms with Crippen LogP contribution in [0.3, 0.4) is 0 Å². The lowest BCUT2D eigenvalue weighted by molar-refractivity contribution is -0.157.